The summed E-state index contributed by atoms with van der Waals surface area (Å²) in [5, 5.41) is 4.73. The van der Waals surface area contributed by atoms with E-state index in [-0.39, 0.29) is 24.4 Å². The largest absolute Gasteiger partial charge is 0.352 e. The topological polar surface area (TPSA) is 65.2 Å². The molecule has 0 bridgehead atoms. The van der Waals surface area contributed by atoms with Crippen molar-refractivity contribution in [3.8, 4) is 0 Å². The highest BCUT2D eigenvalue weighted by Gasteiger charge is 2.23. The summed E-state index contributed by atoms with van der Waals surface area (Å²) < 4.78 is 0. The van der Waals surface area contributed by atoms with Gasteiger partial charge in [-0.2, -0.15) is 0 Å². The summed E-state index contributed by atoms with van der Waals surface area (Å²) in [7, 11) is 0. The molecule has 1 aliphatic carbocycles. The van der Waals surface area contributed by atoms with Crippen LogP contribution in [0.3, 0.4) is 0 Å². The van der Waals surface area contributed by atoms with Crippen LogP contribution in [0.4, 0.5) is 0 Å². The number of amides is 2. The average molecular weight is 424 g/mol. The lowest BCUT2D eigenvalue weighted by Gasteiger charge is -2.26. The molecule has 1 heterocycles. The Balaban J connectivity index is 1.52. The van der Waals surface area contributed by atoms with Gasteiger partial charge in [0.15, 0.2) is 0 Å². The Morgan fingerprint density at radius 3 is 2.50 bits per heavy atom. The molecule has 2 N–H and O–H groups in total. The molecule has 2 amide bonds. The molecule has 3 aromatic rings. The number of nitrogens with zero attached hydrogens (tertiary/aromatic N) is 1. The SMILES string of the molecule is O=C(CN(Cc1ccc(Cl)cc1)C(=O)c1cc2ccccc2[nH]1)NC1CCCCC1. The molecule has 1 saturated carbocycles. The summed E-state index contributed by atoms with van der Waals surface area (Å²) in [5.74, 6) is -0.305. The predicted octanol–water partition coefficient (Wildman–Crippen LogP) is 4.91. The van der Waals surface area contributed by atoms with Gasteiger partial charge in [-0.05, 0) is 42.7 Å². The maximum atomic E-state index is 13.3. The molecule has 30 heavy (non-hydrogen) atoms. The van der Waals surface area contributed by atoms with Crippen LogP contribution >= 0.6 is 11.6 Å². The van der Waals surface area contributed by atoms with Gasteiger partial charge in [-0.3, -0.25) is 9.59 Å². The zero-order valence-electron chi connectivity index (χ0n) is 16.9. The Labute approximate surface area is 181 Å². The Morgan fingerprint density at radius 2 is 1.77 bits per heavy atom. The number of fused-ring (bicyclic) bond motifs is 1. The smallest absolute Gasteiger partial charge is 0.271 e. The standard InChI is InChI=1S/C24H26ClN3O2/c25-19-12-10-17(11-13-19)15-28(16-23(29)26-20-7-2-1-3-8-20)24(30)22-14-18-6-4-5-9-21(18)27-22/h4-6,9-14,20,27H,1-3,7-8,15-16H2,(H,26,29). The first-order valence-electron chi connectivity index (χ1n) is 10.5. The summed E-state index contributed by atoms with van der Waals surface area (Å²) in [6.07, 6.45) is 5.55. The van der Waals surface area contributed by atoms with Crippen LogP contribution in [-0.4, -0.2) is 34.3 Å². The summed E-state index contributed by atoms with van der Waals surface area (Å²) in [4.78, 5) is 30.8. The first-order valence-corrected chi connectivity index (χ1v) is 10.9. The summed E-state index contributed by atoms with van der Waals surface area (Å²) in [6, 6.07) is 17.2. The Morgan fingerprint density at radius 1 is 1.03 bits per heavy atom. The second-order valence-electron chi connectivity index (χ2n) is 7.96. The molecule has 2 aromatic carbocycles. The van der Waals surface area contributed by atoms with Crippen molar-refractivity contribution in [2.75, 3.05) is 6.54 Å². The first-order chi connectivity index (χ1) is 14.6. The lowest BCUT2D eigenvalue weighted by atomic mass is 9.95. The molecule has 0 aliphatic heterocycles. The number of nitrogens with one attached hydrogen (secondary N) is 2. The van der Waals surface area contributed by atoms with Crippen LogP contribution in [0.1, 0.15) is 48.2 Å². The van der Waals surface area contributed by atoms with Crippen molar-refractivity contribution in [2.45, 2.75) is 44.7 Å². The van der Waals surface area contributed by atoms with Crippen LogP contribution in [0.15, 0.2) is 54.6 Å². The number of benzene rings is 2. The minimum absolute atomic E-state index is 0.0212. The van der Waals surface area contributed by atoms with Crippen molar-refractivity contribution in [1.82, 2.24) is 15.2 Å². The molecule has 0 radical (unpaired) electrons. The number of hydrogen-bond donors (Lipinski definition) is 2. The number of rotatable bonds is 6. The van der Waals surface area contributed by atoms with Crippen LogP contribution in [0, 0.1) is 0 Å². The number of hydrogen-bond acceptors (Lipinski definition) is 2. The maximum Gasteiger partial charge on any atom is 0.271 e. The third-order valence-electron chi connectivity index (χ3n) is 5.64. The van der Waals surface area contributed by atoms with E-state index in [0.29, 0.717) is 17.3 Å². The van der Waals surface area contributed by atoms with Crippen LogP contribution in [0.2, 0.25) is 5.02 Å². The van der Waals surface area contributed by atoms with E-state index in [1.165, 1.54) is 6.42 Å². The van der Waals surface area contributed by atoms with Crippen LogP contribution < -0.4 is 5.32 Å². The first kappa shape index (κ1) is 20.5. The molecule has 5 nitrogen and oxygen atoms in total. The highest BCUT2D eigenvalue weighted by molar-refractivity contribution is 6.30. The maximum absolute atomic E-state index is 13.3. The van der Waals surface area contributed by atoms with Crippen molar-refractivity contribution in [3.05, 3.63) is 70.9 Å². The molecule has 0 saturated heterocycles. The molecule has 0 atom stereocenters. The van der Waals surface area contributed by atoms with E-state index in [4.69, 9.17) is 11.6 Å². The van der Waals surface area contributed by atoms with Crippen molar-refractivity contribution in [3.63, 3.8) is 0 Å². The van der Waals surface area contributed by atoms with Gasteiger partial charge in [0.2, 0.25) is 5.91 Å². The minimum Gasteiger partial charge on any atom is -0.352 e. The van der Waals surface area contributed by atoms with Gasteiger partial charge >= 0.3 is 0 Å². The van der Waals surface area contributed by atoms with Gasteiger partial charge in [0.05, 0.1) is 0 Å². The Kier molecular flexibility index (Phi) is 6.38. The molecule has 4 rings (SSSR count). The molecule has 156 valence electrons. The number of aromatic amines is 1. The van der Waals surface area contributed by atoms with E-state index in [1.807, 2.05) is 42.5 Å². The third kappa shape index (κ3) is 5.03. The fraction of sp³-hybridized carbons (Fsp3) is 0.333. The lowest BCUT2D eigenvalue weighted by molar-refractivity contribution is -0.122. The van der Waals surface area contributed by atoms with E-state index in [9.17, 15) is 9.59 Å². The number of carbonyl (C=O) groups excluding carboxylic acids is 2. The van der Waals surface area contributed by atoms with Gasteiger partial charge in [0.25, 0.3) is 5.91 Å². The second kappa shape index (κ2) is 9.35. The number of halogens is 1. The zero-order chi connectivity index (χ0) is 20.9. The van der Waals surface area contributed by atoms with Crippen molar-refractivity contribution in [1.29, 1.82) is 0 Å². The fourth-order valence-electron chi connectivity index (χ4n) is 4.06. The number of aromatic nitrogens is 1. The molecular weight excluding hydrogens is 398 g/mol. The third-order valence-corrected chi connectivity index (χ3v) is 5.89. The second-order valence-corrected chi connectivity index (χ2v) is 8.40. The predicted molar refractivity (Wildman–Crippen MR) is 120 cm³/mol. The van der Waals surface area contributed by atoms with Gasteiger partial charge in [0, 0.05) is 28.5 Å². The van der Waals surface area contributed by atoms with Gasteiger partial charge < -0.3 is 15.2 Å². The number of H-pyrrole nitrogens is 1. The molecule has 1 aromatic heterocycles. The van der Waals surface area contributed by atoms with Crippen molar-refractivity contribution in [2.24, 2.45) is 0 Å². The molecule has 6 heteroatoms. The molecule has 1 aliphatic rings. The summed E-state index contributed by atoms with van der Waals surface area (Å²) in [5.41, 5.74) is 2.31. The van der Waals surface area contributed by atoms with E-state index in [1.54, 1.807) is 17.0 Å². The number of carbonyl (C=O) groups is 2. The van der Waals surface area contributed by atoms with Gasteiger partial charge in [-0.15, -0.1) is 0 Å². The molecule has 0 unspecified atom stereocenters. The molecule has 1 fully saturated rings. The summed E-state index contributed by atoms with van der Waals surface area (Å²) in [6.45, 7) is 0.358. The van der Waals surface area contributed by atoms with E-state index < -0.39 is 0 Å². The van der Waals surface area contributed by atoms with E-state index >= 15 is 0 Å². The normalized spacial score (nSPS) is 14.6. The molecular formula is C24H26ClN3O2. The highest BCUT2D eigenvalue weighted by Crippen LogP contribution is 2.19. The lowest BCUT2D eigenvalue weighted by Crippen LogP contribution is -2.44. The van der Waals surface area contributed by atoms with Crippen molar-refractivity contribution < 1.29 is 9.59 Å². The summed E-state index contributed by atoms with van der Waals surface area (Å²) >= 11 is 5.99. The van der Waals surface area contributed by atoms with Crippen LogP contribution in [0.25, 0.3) is 10.9 Å². The fourth-order valence-corrected chi connectivity index (χ4v) is 4.19. The Hall–Kier alpha value is -2.79. The van der Waals surface area contributed by atoms with Crippen molar-refractivity contribution >= 4 is 34.3 Å². The Bertz CT molecular complexity index is 989. The van der Waals surface area contributed by atoms with E-state index in [0.717, 1.165) is 42.1 Å². The van der Waals surface area contributed by atoms with Gasteiger partial charge in [0.1, 0.15) is 12.2 Å². The number of para-hydroxylation sites is 1. The quantitative estimate of drug-likeness (QED) is 0.591. The van der Waals surface area contributed by atoms with E-state index in [2.05, 4.69) is 10.3 Å². The highest BCUT2D eigenvalue weighted by atomic mass is 35.5. The average Bonchev–Trinajstić information content (AvgIpc) is 3.19. The van der Waals surface area contributed by atoms with Crippen LogP contribution in [-0.2, 0) is 11.3 Å². The monoisotopic (exact) mass is 423 g/mol. The zero-order valence-corrected chi connectivity index (χ0v) is 17.6. The van der Waals surface area contributed by atoms with Gasteiger partial charge in [-0.25, -0.2) is 0 Å². The van der Waals surface area contributed by atoms with Crippen LogP contribution in [0.5, 0.6) is 0 Å². The minimum atomic E-state index is -0.194. The molecule has 0 spiro atoms. The van der Waals surface area contributed by atoms with Gasteiger partial charge in [-0.1, -0.05) is 61.2 Å².